The van der Waals surface area contributed by atoms with Gasteiger partial charge in [0.2, 0.25) is 0 Å². The second-order valence-corrected chi connectivity index (χ2v) is 4.20. The smallest absolute Gasteiger partial charge is 0.247 e. The summed E-state index contributed by atoms with van der Waals surface area (Å²) in [5.41, 5.74) is -4.47. The van der Waals surface area contributed by atoms with Crippen molar-refractivity contribution >= 4 is 34.4 Å². The lowest BCUT2D eigenvalue weighted by Crippen LogP contribution is -2.01. The van der Waals surface area contributed by atoms with E-state index in [1.54, 1.807) is 22.6 Å². The zero-order chi connectivity index (χ0) is 10.1. The van der Waals surface area contributed by atoms with Crippen LogP contribution in [0.1, 0.15) is 0 Å². The molecule has 1 heterocycles. The number of halogens is 5. The number of aromatic nitrogens is 1. The Bertz CT molecular complexity index is 314. The van der Waals surface area contributed by atoms with Gasteiger partial charge in [0.1, 0.15) is 3.70 Å². The molecule has 0 amide bonds. The van der Waals surface area contributed by atoms with Crippen molar-refractivity contribution in [2.45, 2.75) is 10.4 Å². The third-order valence-electron chi connectivity index (χ3n) is 1.01. The molecule has 0 fully saturated rings. The highest BCUT2D eigenvalue weighted by atomic mass is 127. The predicted octanol–water partition coefficient (Wildman–Crippen LogP) is 3.44. The van der Waals surface area contributed by atoms with Gasteiger partial charge in [-0.05, 0) is 40.4 Å². The molecule has 0 saturated carbocycles. The lowest BCUT2D eigenvalue weighted by molar-refractivity contribution is -0.0329. The lowest BCUT2D eigenvalue weighted by atomic mass is 10.5. The van der Waals surface area contributed by atoms with Crippen molar-refractivity contribution in [2.24, 2.45) is 0 Å². The first-order valence-electron chi connectivity index (χ1n) is 2.95. The molecule has 0 aromatic carbocycles. The molecule has 0 atom stereocenters. The van der Waals surface area contributed by atoms with Gasteiger partial charge in [-0.3, -0.25) is 0 Å². The van der Waals surface area contributed by atoms with Crippen molar-refractivity contribution in [3.63, 3.8) is 0 Å². The van der Waals surface area contributed by atoms with E-state index in [1.807, 2.05) is 0 Å². The normalized spacial score (nSPS) is 11.8. The summed E-state index contributed by atoms with van der Waals surface area (Å²) in [6.45, 7) is 0. The van der Waals surface area contributed by atoms with Gasteiger partial charge >= 0.3 is 5.51 Å². The van der Waals surface area contributed by atoms with Gasteiger partial charge in [-0.1, -0.05) is 0 Å². The first-order valence-corrected chi connectivity index (χ1v) is 4.85. The predicted molar refractivity (Wildman–Crippen MR) is 48.8 cm³/mol. The quantitative estimate of drug-likeness (QED) is 0.340. The van der Waals surface area contributed by atoms with Crippen LogP contribution in [0.25, 0.3) is 0 Å². The van der Waals surface area contributed by atoms with Gasteiger partial charge < -0.3 is 0 Å². The Kier molecular flexibility index (Phi) is 3.38. The minimum Gasteiger partial charge on any atom is -0.247 e. The van der Waals surface area contributed by atoms with Crippen molar-refractivity contribution in [3.8, 4) is 0 Å². The van der Waals surface area contributed by atoms with Crippen LogP contribution in [0.2, 0.25) is 0 Å². The SMILES string of the molecule is Fc1cnc(I)cc1SC(F)(F)F. The summed E-state index contributed by atoms with van der Waals surface area (Å²) in [5.74, 6) is -0.956. The Hall–Kier alpha value is -0.0500. The fraction of sp³-hybridized carbons (Fsp3) is 0.167. The van der Waals surface area contributed by atoms with Crippen molar-refractivity contribution in [1.29, 1.82) is 0 Å². The first kappa shape index (κ1) is 11.0. The van der Waals surface area contributed by atoms with Crippen LogP contribution in [0.15, 0.2) is 17.2 Å². The van der Waals surface area contributed by atoms with Crippen LogP contribution in [-0.4, -0.2) is 10.5 Å². The monoisotopic (exact) mass is 323 g/mol. The molecular weight excluding hydrogens is 321 g/mol. The number of alkyl halides is 3. The number of rotatable bonds is 1. The van der Waals surface area contributed by atoms with E-state index < -0.39 is 28.0 Å². The van der Waals surface area contributed by atoms with Gasteiger partial charge in [0, 0.05) is 0 Å². The van der Waals surface area contributed by atoms with E-state index in [4.69, 9.17) is 0 Å². The van der Waals surface area contributed by atoms with Crippen molar-refractivity contribution in [1.82, 2.24) is 4.98 Å². The molecule has 0 spiro atoms. The van der Waals surface area contributed by atoms with Gasteiger partial charge in [-0.15, -0.1) is 0 Å². The van der Waals surface area contributed by atoms with Crippen molar-refractivity contribution in [2.75, 3.05) is 0 Å². The summed E-state index contributed by atoms with van der Waals surface area (Å²) in [6, 6.07) is 1.05. The lowest BCUT2D eigenvalue weighted by Gasteiger charge is -2.05. The maximum absolute atomic E-state index is 12.7. The fourth-order valence-electron chi connectivity index (χ4n) is 0.599. The number of nitrogens with zero attached hydrogens (tertiary/aromatic N) is 1. The minimum absolute atomic E-state index is 0.325. The Balaban J connectivity index is 2.94. The molecule has 1 nitrogen and oxygen atoms in total. The summed E-state index contributed by atoms with van der Waals surface area (Å²) in [5, 5.41) is 0. The topological polar surface area (TPSA) is 12.9 Å². The molecule has 0 radical (unpaired) electrons. The second-order valence-electron chi connectivity index (χ2n) is 1.99. The van der Waals surface area contributed by atoms with E-state index in [9.17, 15) is 17.6 Å². The Morgan fingerprint density at radius 3 is 2.54 bits per heavy atom. The van der Waals surface area contributed by atoms with Gasteiger partial charge in [0.05, 0.1) is 11.1 Å². The standard InChI is InChI=1S/C6H2F4INS/c7-3-2-12-5(11)1-4(3)13-6(8,9)10/h1-2H. The molecule has 0 aliphatic rings. The van der Waals surface area contributed by atoms with Crippen LogP contribution in [0, 0.1) is 9.52 Å². The summed E-state index contributed by atoms with van der Waals surface area (Å²) < 4.78 is 48.5. The molecule has 1 aromatic heterocycles. The number of thioether (sulfide) groups is 1. The largest absolute Gasteiger partial charge is 0.446 e. The Labute approximate surface area is 89.1 Å². The number of hydrogen-bond acceptors (Lipinski definition) is 2. The van der Waals surface area contributed by atoms with E-state index in [2.05, 4.69) is 4.98 Å². The van der Waals surface area contributed by atoms with Crippen LogP contribution >= 0.6 is 34.4 Å². The molecular formula is C6H2F4INS. The van der Waals surface area contributed by atoms with Crippen LogP contribution in [-0.2, 0) is 0 Å². The molecule has 0 N–H and O–H groups in total. The highest BCUT2D eigenvalue weighted by Gasteiger charge is 2.30. The van der Waals surface area contributed by atoms with E-state index in [0.29, 0.717) is 3.70 Å². The summed E-state index contributed by atoms with van der Waals surface area (Å²) in [7, 11) is 0. The van der Waals surface area contributed by atoms with Crippen molar-refractivity contribution < 1.29 is 17.6 Å². The van der Waals surface area contributed by atoms with Gasteiger partial charge in [0.25, 0.3) is 0 Å². The first-order chi connectivity index (χ1) is 5.88. The summed E-state index contributed by atoms with van der Waals surface area (Å²) in [6.07, 6.45) is 0.774. The van der Waals surface area contributed by atoms with E-state index in [0.717, 1.165) is 12.3 Å². The van der Waals surface area contributed by atoms with Crippen LogP contribution in [0.4, 0.5) is 17.6 Å². The highest BCUT2D eigenvalue weighted by Crippen LogP contribution is 2.38. The summed E-state index contributed by atoms with van der Waals surface area (Å²) >= 11 is 1.24. The molecule has 0 aliphatic carbocycles. The number of hydrogen-bond donors (Lipinski definition) is 0. The van der Waals surface area contributed by atoms with Gasteiger partial charge in [-0.25, -0.2) is 9.37 Å². The average molecular weight is 323 g/mol. The van der Waals surface area contributed by atoms with Crippen LogP contribution < -0.4 is 0 Å². The number of pyridine rings is 1. The molecule has 1 aromatic rings. The molecule has 7 heteroatoms. The van der Waals surface area contributed by atoms with Crippen molar-refractivity contribution in [3.05, 3.63) is 21.8 Å². The third kappa shape index (κ3) is 3.67. The molecule has 0 saturated heterocycles. The highest BCUT2D eigenvalue weighted by molar-refractivity contribution is 14.1. The molecule has 0 bridgehead atoms. The zero-order valence-corrected chi connectivity index (χ0v) is 8.87. The van der Waals surface area contributed by atoms with Gasteiger partial charge in [0.15, 0.2) is 5.82 Å². The minimum atomic E-state index is -4.47. The van der Waals surface area contributed by atoms with Gasteiger partial charge in [-0.2, -0.15) is 13.2 Å². The van der Waals surface area contributed by atoms with E-state index in [1.165, 1.54) is 0 Å². The maximum Gasteiger partial charge on any atom is 0.446 e. The average Bonchev–Trinajstić information content (AvgIpc) is 1.94. The van der Waals surface area contributed by atoms with E-state index in [-0.39, 0.29) is 0 Å². The second kappa shape index (κ2) is 3.99. The van der Waals surface area contributed by atoms with Crippen LogP contribution in [0.5, 0.6) is 0 Å². The zero-order valence-electron chi connectivity index (χ0n) is 5.90. The molecule has 72 valence electrons. The molecule has 0 aliphatic heterocycles. The Morgan fingerprint density at radius 1 is 1.38 bits per heavy atom. The van der Waals surface area contributed by atoms with Crippen LogP contribution in [0.3, 0.4) is 0 Å². The molecule has 1 rings (SSSR count). The summed E-state index contributed by atoms with van der Waals surface area (Å²) in [4.78, 5) is 3.05. The Morgan fingerprint density at radius 2 is 2.00 bits per heavy atom. The van der Waals surface area contributed by atoms with E-state index >= 15 is 0 Å². The fourth-order valence-corrected chi connectivity index (χ4v) is 1.83. The molecule has 13 heavy (non-hydrogen) atoms. The maximum atomic E-state index is 12.7. The molecule has 0 unspecified atom stereocenters. The third-order valence-corrected chi connectivity index (χ3v) is 2.37.